The minimum absolute atomic E-state index is 0.00569. The molecule has 1 heterocycles. The number of hydrogen-bond donors (Lipinski definition) is 1. The molecule has 0 radical (unpaired) electrons. The van der Waals surface area contributed by atoms with Gasteiger partial charge in [0, 0.05) is 18.8 Å². The number of halogens is 1. The largest absolute Gasteiger partial charge is 0.399 e. The van der Waals surface area contributed by atoms with Gasteiger partial charge >= 0.3 is 0 Å². The van der Waals surface area contributed by atoms with E-state index in [0.717, 1.165) is 19.5 Å². The van der Waals surface area contributed by atoms with Crippen molar-refractivity contribution in [2.24, 2.45) is 5.92 Å². The second-order valence-electron chi connectivity index (χ2n) is 4.74. The number of nitrogens with two attached hydrogens (primary N) is 1. The fourth-order valence-electron chi connectivity index (χ4n) is 2.25. The summed E-state index contributed by atoms with van der Waals surface area (Å²) in [6.07, 6.45) is 2.25. The molecule has 0 bridgehead atoms. The van der Waals surface area contributed by atoms with Gasteiger partial charge in [0.2, 0.25) is 0 Å². The van der Waals surface area contributed by atoms with Gasteiger partial charge in [0.25, 0.3) is 5.91 Å². The number of carbonyl (C=O) groups is 1. The lowest BCUT2D eigenvalue weighted by Gasteiger charge is -2.31. The summed E-state index contributed by atoms with van der Waals surface area (Å²) in [7, 11) is 0. The standard InChI is InChI=1S/C13H17ClN2O/c1-9-3-2-6-16(8-9)13(17)11-7-10(15)4-5-12(11)14/h4-5,7,9H,2-3,6,8,15H2,1H3/t9-/m0/s1. The summed E-state index contributed by atoms with van der Waals surface area (Å²) in [4.78, 5) is 14.2. The quantitative estimate of drug-likeness (QED) is 0.782. The van der Waals surface area contributed by atoms with Gasteiger partial charge in [-0.2, -0.15) is 0 Å². The number of carbonyl (C=O) groups excluding carboxylic acids is 1. The Labute approximate surface area is 107 Å². The number of nitrogen functional groups attached to an aromatic ring is 1. The van der Waals surface area contributed by atoms with Crippen molar-refractivity contribution in [1.29, 1.82) is 0 Å². The summed E-state index contributed by atoms with van der Waals surface area (Å²) in [6.45, 7) is 3.79. The van der Waals surface area contributed by atoms with Crippen molar-refractivity contribution < 1.29 is 4.79 Å². The number of nitrogens with zero attached hydrogens (tertiary/aromatic N) is 1. The zero-order chi connectivity index (χ0) is 12.4. The van der Waals surface area contributed by atoms with Crippen molar-refractivity contribution in [1.82, 2.24) is 4.90 Å². The van der Waals surface area contributed by atoms with Crippen LogP contribution in [0.25, 0.3) is 0 Å². The van der Waals surface area contributed by atoms with Crippen LogP contribution < -0.4 is 5.73 Å². The van der Waals surface area contributed by atoms with E-state index in [0.29, 0.717) is 22.2 Å². The highest BCUT2D eigenvalue weighted by Gasteiger charge is 2.23. The molecular formula is C13H17ClN2O. The van der Waals surface area contributed by atoms with Crippen LogP contribution in [0.2, 0.25) is 5.02 Å². The average molecular weight is 253 g/mol. The predicted octanol–water partition coefficient (Wildman–Crippen LogP) is 2.79. The van der Waals surface area contributed by atoms with E-state index in [2.05, 4.69) is 6.92 Å². The predicted molar refractivity (Wildman–Crippen MR) is 70.2 cm³/mol. The van der Waals surface area contributed by atoms with E-state index in [9.17, 15) is 4.79 Å². The molecule has 1 atom stereocenters. The van der Waals surface area contributed by atoms with Crippen LogP contribution in [-0.4, -0.2) is 23.9 Å². The molecule has 0 saturated carbocycles. The summed E-state index contributed by atoms with van der Waals surface area (Å²) in [5, 5.41) is 0.474. The van der Waals surface area contributed by atoms with Crippen molar-refractivity contribution in [3.63, 3.8) is 0 Å². The van der Waals surface area contributed by atoms with Crippen LogP contribution in [0.1, 0.15) is 30.1 Å². The van der Waals surface area contributed by atoms with Crippen molar-refractivity contribution in [3.05, 3.63) is 28.8 Å². The van der Waals surface area contributed by atoms with E-state index < -0.39 is 0 Å². The lowest BCUT2D eigenvalue weighted by molar-refractivity contribution is 0.0683. The van der Waals surface area contributed by atoms with Gasteiger partial charge in [-0.05, 0) is 37.0 Å². The molecule has 1 fully saturated rings. The molecule has 1 aromatic carbocycles. The van der Waals surface area contributed by atoms with Crippen molar-refractivity contribution in [2.45, 2.75) is 19.8 Å². The van der Waals surface area contributed by atoms with Gasteiger partial charge in [0.15, 0.2) is 0 Å². The molecular weight excluding hydrogens is 236 g/mol. The molecule has 92 valence electrons. The number of likely N-dealkylation sites (tertiary alicyclic amines) is 1. The van der Waals surface area contributed by atoms with Gasteiger partial charge < -0.3 is 10.6 Å². The van der Waals surface area contributed by atoms with Gasteiger partial charge in [0.05, 0.1) is 10.6 Å². The van der Waals surface area contributed by atoms with Gasteiger partial charge in [-0.15, -0.1) is 0 Å². The van der Waals surface area contributed by atoms with Crippen molar-refractivity contribution >= 4 is 23.2 Å². The summed E-state index contributed by atoms with van der Waals surface area (Å²) in [5.74, 6) is 0.557. The number of anilines is 1. The van der Waals surface area contributed by atoms with E-state index in [4.69, 9.17) is 17.3 Å². The van der Waals surface area contributed by atoms with Crippen LogP contribution in [-0.2, 0) is 0 Å². The van der Waals surface area contributed by atoms with Gasteiger partial charge in [0.1, 0.15) is 0 Å². The maximum absolute atomic E-state index is 12.3. The van der Waals surface area contributed by atoms with E-state index in [1.165, 1.54) is 6.42 Å². The van der Waals surface area contributed by atoms with Crippen LogP contribution in [0, 0.1) is 5.92 Å². The summed E-state index contributed by atoms with van der Waals surface area (Å²) < 4.78 is 0. The van der Waals surface area contributed by atoms with Crippen LogP contribution in [0.4, 0.5) is 5.69 Å². The number of piperidine rings is 1. The first kappa shape index (κ1) is 12.2. The van der Waals surface area contributed by atoms with E-state index in [1.807, 2.05) is 4.90 Å². The lowest BCUT2D eigenvalue weighted by Crippen LogP contribution is -2.39. The fraction of sp³-hybridized carbons (Fsp3) is 0.462. The third-order valence-corrected chi connectivity index (χ3v) is 3.49. The first-order valence-electron chi connectivity index (χ1n) is 5.92. The highest BCUT2D eigenvalue weighted by Crippen LogP contribution is 2.23. The lowest BCUT2D eigenvalue weighted by atomic mass is 9.99. The van der Waals surface area contributed by atoms with Gasteiger partial charge in [-0.1, -0.05) is 18.5 Å². The molecule has 0 unspecified atom stereocenters. The van der Waals surface area contributed by atoms with Crippen LogP contribution in [0.15, 0.2) is 18.2 Å². The maximum atomic E-state index is 12.3. The minimum Gasteiger partial charge on any atom is -0.399 e. The molecule has 1 aromatic rings. The normalized spacial score (nSPS) is 20.4. The Morgan fingerprint density at radius 3 is 3.00 bits per heavy atom. The Hall–Kier alpha value is -1.22. The third kappa shape index (κ3) is 2.72. The van der Waals surface area contributed by atoms with Gasteiger partial charge in [-0.3, -0.25) is 4.79 Å². The third-order valence-electron chi connectivity index (χ3n) is 3.17. The van der Waals surface area contributed by atoms with Crippen LogP contribution in [0.5, 0.6) is 0 Å². The summed E-state index contributed by atoms with van der Waals surface area (Å²) in [5.41, 5.74) is 6.78. The van der Waals surface area contributed by atoms with Crippen molar-refractivity contribution in [3.8, 4) is 0 Å². The van der Waals surface area contributed by atoms with E-state index >= 15 is 0 Å². The topological polar surface area (TPSA) is 46.3 Å². The van der Waals surface area contributed by atoms with Crippen molar-refractivity contribution in [2.75, 3.05) is 18.8 Å². The second kappa shape index (κ2) is 4.96. The molecule has 2 N–H and O–H groups in total. The first-order valence-corrected chi connectivity index (χ1v) is 6.30. The minimum atomic E-state index is -0.00569. The first-order chi connectivity index (χ1) is 8.08. The molecule has 0 aromatic heterocycles. The molecule has 1 aliphatic rings. The Bertz CT molecular complexity index is 433. The maximum Gasteiger partial charge on any atom is 0.255 e. The number of rotatable bonds is 1. The summed E-state index contributed by atoms with van der Waals surface area (Å²) in [6, 6.07) is 5.04. The molecule has 1 aliphatic heterocycles. The Kier molecular flexibility index (Phi) is 3.57. The highest BCUT2D eigenvalue weighted by molar-refractivity contribution is 6.34. The van der Waals surface area contributed by atoms with Gasteiger partial charge in [-0.25, -0.2) is 0 Å². The molecule has 2 rings (SSSR count). The molecule has 1 saturated heterocycles. The Morgan fingerprint density at radius 2 is 2.29 bits per heavy atom. The van der Waals surface area contributed by atoms with E-state index in [-0.39, 0.29) is 5.91 Å². The number of hydrogen-bond acceptors (Lipinski definition) is 2. The highest BCUT2D eigenvalue weighted by atomic mass is 35.5. The SMILES string of the molecule is C[C@H]1CCCN(C(=O)c2cc(N)ccc2Cl)C1. The van der Waals surface area contributed by atoms with Crippen LogP contribution in [0.3, 0.4) is 0 Å². The smallest absolute Gasteiger partial charge is 0.255 e. The number of benzene rings is 1. The average Bonchev–Trinajstić information content (AvgIpc) is 2.31. The zero-order valence-electron chi connectivity index (χ0n) is 9.95. The van der Waals surface area contributed by atoms with Crippen LogP contribution >= 0.6 is 11.6 Å². The molecule has 3 nitrogen and oxygen atoms in total. The zero-order valence-corrected chi connectivity index (χ0v) is 10.7. The monoisotopic (exact) mass is 252 g/mol. The Morgan fingerprint density at radius 1 is 1.53 bits per heavy atom. The van der Waals surface area contributed by atoms with E-state index in [1.54, 1.807) is 18.2 Å². The number of amides is 1. The molecule has 17 heavy (non-hydrogen) atoms. The molecule has 1 amide bonds. The fourth-order valence-corrected chi connectivity index (χ4v) is 2.45. The molecule has 0 aliphatic carbocycles. The molecule has 4 heteroatoms. The summed E-state index contributed by atoms with van der Waals surface area (Å²) >= 11 is 6.04. The second-order valence-corrected chi connectivity index (χ2v) is 5.15. The Balaban J connectivity index is 2.21. The molecule has 0 spiro atoms.